The molecule has 0 saturated heterocycles. The monoisotopic (exact) mass is 150 g/mol. The maximum Gasteiger partial charge on any atom is 0.0926 e. The Morgan fingerprint density at radius 3 is 2.90 bits per heavy atom. The Morgan fingerprint density at radius 2 is 2.10 bits per heavy atom. The molecule has 0 radical (unpaired) electrons. The van der Waals surface area contributed by atoms with Crippen LogP contribution in [0.2, 0.25) is 0 Å². The zero-order valence-electron chi connectivity index (χ0n) is 5.36. The molecule has 0 aliphatic carbocycles. The van der Waals surface area contributed by atoms with Crippen molar-refractivity contribution in [2.45, 2.75) is 0 Å². The van der Waals surface area contributed by atoms with Gasteiger partial charge in [-0.25, -0.2) is 0 Å². The van der Waals surface area contributed by atoms with Crippen molar-refractivity contribution >= 4 is 20.3 Å². The Kier molecular flexibility index (Phi) is 1.21. The van der Waals surface area contributed by atoms with Crippen LogP contribution in [0.4, 0.5) is 0 Å². The predicted octanol–water partition coefficient (Wildman–Crippen LogP) is 1.67. The van der Waals surface area contributed by atoms with E-state index in [4.69, 9.17) is 0 Å². The number of hydrogen-bond donors (Lipinski definition) is 0. The van der Waals surface area contributed by atoms with Gasteiger partial charge < -0.3 is 0 Å². The maximum absolute atomic E-state index is 4.19. The molecule has 0 N–H and O–H groups in total. The molecule has 1 heterocycles. The fourth-order valence-corrected chi connectivity index (χ4v) is 1.27. The van der Waals surface area contributed by atoms with Gasteiger partial charge in [0.15, 0.2) is 0 Å². The van der Waals surface area contributed by atoms with Crippen molar-refractivity contribution in [1.29, 1.82) is 0 Å². The molecule has 0 bridgehead atoms. The van der Waals surface area contributed by atoms with Gasteiger partial charge in [-0.2, -0.15) is 5.10 Å². The van der Waals surface area contributed by atoms with Crippen LogP contribution in [0.5, 0.6) is 0 Å². The molecule has 1 atom stereocenters. The van der Waals surface area contributed by atoms with Crippen molar-refractivity contribution in [3.63, 3.8) is 0 Å². The van der Waals surface area contributed by atoms with E-state index in [1.165, 1.54) is 5.39 Å². The van der Waals surface area contributed by atoms with Crippen molar-refractivity contribution in [2.75, 3.05) is 0 Å². The zero-order chi connectivity index (χ0) is 6.97. The standard InChI is InChI=1S/C7H7N2P/c10-9-5-6-3-1-2-4-7(6)8-9/h1-5H,10H2. The summed E-state index contributed by atoms with van der Waals surface area (Å²) in [5.74, 6) is 0. The van der Waals surface area contributed by atoms with Crippen molar-refractivity contribution in [1.82, 2.24) is 9.55 Å². The van der Waals surface area contributed by atoms with E-state index in [-0.39, 0.29) is 0 Å². The van der Waals surface area contributed by atoms with Crippen LogP contribution in [0.15, 0.2) is 30.5 Å². The first kappa shape index (κ1) is 5.87. The molecule has 1 unspecified atom stereocenters. The van der Waals surface area contributed by atoms with Gasteiger partial charge >= 0.3 is 0 Å². The van der Waals surface area contributed by atoms with Gasteiger partial charge in [-0.05, 0) is 15.5 Å². The molecule has 1 aromatic heterocycles. The normalized spacial score (nSPS) is 10.5. The maximum atomic E-state index is 4.19. The van der Waals surface area contributed by atoms with Gasteiger partial charge in [-0.3, -0.25) is 4.45 Å². The number of benzene rings is 1. The lowest BCUT2D eigenvalue weighted by Crippen LogP contribution is -1.74. The second kappa shape index (κ2) is 2.06. The lowest BCUT2D eigenvalue weighted by atomic mass is 10.3. The highest BCUT2D eigenvalue weighted by atomic mass is 31.0. The third-order valence-corrected chi connectivity index (χ3v) is 1.70. The largest absolute Gasteiger partial charge is 0.257 e. The van der Waals surface area contributed by atoms with Gasteiger partial charge in [0.05, 0.1) is 5.52 Å². The summed E-state index contributed by atoms with van der Waals surface area (Å²) in [5.41, 5.74) is 1.04. The van der Waals surface area contributed by atoms with Crippen molar-refractivity contribution in [2.24, 2.45) is 0 Å². The molecule has 1 aromatic carbocycles. The van der Waals surface area contributed by atoms with E-state index in [2.05, 4.69) is 14.5 Å². The van der Waals surface area contributed by atoms with E-state index in [0.717, 1.165) is 5.52 Å². The Labute approximate surface area is 61.1 Å². The van der Waals surface area contributed by atoms with Crippen molar-refractivity contribution in [3.05, 3.63) is 30.5 Å². The Hall–Kier alpha value is -0.880. The predicted molar refractivity (Wildman–Crippen MR) is 44.8 cm³/mol. The molecule has 0 fully saturated rings. The van der Waals surface area contributed by atoms with Crippen LogP contribution in [0, 0.1) is 0 Å². The average Bonchev–Trinajstić information content (AvgIpc) is 2.27. The molecule has 50 valence electrons. The minimum absolute atomic E-state index is 1.04. The zero-order valence-corrected chi connectivity index (χ0v) is 6.51. The second-order valence-electron chi connectivity index (χ2n) is 2.17. The van der Waals surface area contributed by atoms with Gasteiger partial charge in [0.2, 0.25) is 0 Å². The van der Waals surface area contributed by atoms with E-state index in [1.807, 2.05) is 30.5 Å². The minimum Gasteiger partial charge on any atom is -0.257 e. The third kappa shape index (κ3) is 0.812. The number of hydrogen-bond acceptors (Lipinski definition) is 1. The first-order valence-electron chi connectivity index (χ1n) is 3.06. The van der Waals surface area contributed by atoms with E-state index < -0.39 is 0 Å². The highest BCUT2D eigenvalue weighted by Gasteiger charge is 1.92. The summed E-state index contributed by atoms with van der Waals surface area (Å²) in [6.45, 7) is 0. The summed E-state index contributed by atoms with van der Waals surface area (Å²) in [7, 11) is 2.51. The second-order valence-corrected chi connectivity index (χ2v) is 2.70. The molecule has 0 spiro atoms. The molecule has 0 amide bonds. The fraction of sp³-hybridized carbons (Fsp3) is 0. The topological polar surface area (TPSA) is 17.8 Å². The Bertz CT molecular complexity index is 320. The average molecular weight is 150 g/mol. The van der Waals surface area contributed by atoms with Crippen LogP contribution < -0.4 is 0 Å². The molecule has 3 heteroatoms. The third-order valence-electron chi connectivity index (χ3n) is 1.43. The molecule has 2 aromatic rings. The van der Waals surface area contributed by atoms with Crippen LogP contribution in [-0.2, 0) is 0 Å². The highest BCUT2D eigenvalue weighted by Crippen LogP contribution is 2.11. The fourth-order valence-electron chi connectivity index (χ4n) is 0.984. The van der Waals surface area contributed by atoms with Gasteiger partial charge in [0.1, 0.15) is 0 Å². The summed E-state index contributed by atoms with van der Waals surface area (Å²) in [5, 5.41) is 5.37. The summed E-state index contributed by atoms with van der Waals surface area (Å²) in [6.07, 6.45) is 1.97. The molecule has 10 heavy (non-hydrogen) atoms. The van der Waals surface area contributed by atoms with E-state index in [9.17, 15) is 0 Å². The number of rotatable bonds is 0. The number of aromatic nitrogens is 2. The molecular weight excluding hydrogens is 143 g/mol. The summed E-state index contributed by atoms with van der Waals surface area (Å²) >= 11 is 0. The number of fused-ring (bicyclic) bond motifs is 1. The lowest BCUT2D eigenvalue weighted by molar-refractivity contribution is 1.04. The quantitative estimate of drug-likeness (QED) is 0.522. The first-order chi connectivity index (χ1) is 4.86. The smallest absolute Gasteiger partial charge is 0.0926 e. The van der Waals surface area contributed by atoms with Crippen molar-refractivity contribution in [3.8, 4) is 0 Å². The Morgan fingerprint density at radius 1 is 1.30 bits per heavy atom. The molecule has 2 nitrogen and oxygen atoms in total. The van der Waals surface area contributed by atoms with Crippen LogP contribution >= 0.6 is 9.39 Å². The molecular formula is C7H7N2P. The first-order valence-corrected chi connectivity index (χ1v) is 3.57. The molecule has 0 saturated carbocycles. The Balaban J connectivity index is 2.88. The number of nitrogens with zero attached hydrogens (tertiary/aromatic N) is 2. The van der Waals surface area contributed by atoms with Gasteiger partial charge in [0.25, 0.3) is 0 Å². The van der Waals surface area contributed by atoms with Gasteiger partial charge in [-0.15, -0.1) is 0 Å². The van der Waals surface area contributed by atoms with Crippen LogP contribution in [0.25, 0.3) is 10.9 Å². The van der Waals surface area contributed by atoms with Crippen LogP contribution in [0.3, 0.4) is 0 Å². The summed E-state index contributed by atoms with van der Waals surface area (Å²) in [4.78, 5) is 0. The van der Waals surface area contributed by atoms with E-state index in [0.29, 0.717) is 0 Å². The lowest BCUT2D eigenvalue weighted by Gasteiger charge is -1.80. The molecule has 2 rings (SSSR count). The van der Waals surface area contributed by atoms with Crippen LogP contribution in [0.1, 0.15) is 0 Å². The van der Waals surface area contributed by atoms with Gasteiger partial charge in [0, 0.05) is 11.6 Å². The summed E-state index contributed by atoms with van der Waals surface area (Å²) in [6, 6.07) is 8.04. The van der Waals surface area contributed by atoms with Crippen molar-refractivity contribution < 1.29 is 0 Å². The van der Waals surface area contributed by atoms with E-state index >= 15 is 0 Å². The highest BCUT2D eigenvalue weighted by molar-refractivity contribution is 7.14. The summed E-state index contributed by atoms with van der Waals surface area (Å²) < 4.78 is 1.74. The van der Waals surface area contributed by atoms with Crippen LogP contribution in [-0.4, -0.2) is 9.55 Å². The minimum atomic E-state index is 1.04. The molecule has 0 aliphatic rings. The van der Waals surface area contributed by atoms with E-state index in [1.54, 1.807) is 4.45 Å². The van der Waals surface area contributed by atoms with Gasteiger partial charge in [-0.1, -0.05) is 18.2 Å². The molecule has 0 aliphatic heterocycles. The SMILES string of the molecule is Pn1cc2ccccc2n1.